The van der Waals surface area contributed by atoms with Crippen molar-refractivity contribution in [3.63, 3.8) is 0 Å². The Labute approximate surface area is 161 Å². The lowest BCUT2D eigenvalue weighted by molar-refractivity contribution is -0.384. The fourth-order valence-corrected chi connectivity index (χ4v) is 3.19. The fraction of sp³-hybridized carbons (Fsp3) is 0.300. The first-order valence-corrected chi connectivity index (χ1v) is 8.84. The number of nitro benzene ring substituents is 1. The molecular weight excluding hydrogens is 364 g/mol. The van der Waals surface area contributed by atoms with Crippen molar-refractivity contribution in [3.05, 3.63) is 64.2 Å². The molecule has 0 aromatic heterocycles. The number of non-ortho nitro benzene ring substituents is 1. The van der Waals surface area contributed by atoms with Gasteiger partial charge in [-0.25, -0.2) is 4.79 Å². The number of fused-ring (bicyclic) bond motifs is 1. The number of esters is 1. The quantitative estimate of drug-likeness (QED) is 0.431. The van der Waals surface area contributed by atoms with Crippen LogP contribution in [0.3, 0.4) is 0 Å². The average Bonchev–Trinajstić information content (AvgIpc) is 3.01. The molecule has 0 bridgehead atoms. The van der Waals surface area contributed by atoms with Crippen molar-refractivity contribution >= 4 is 23.3 Å². The van der Waals surface area contributed by atoms with E-state index in [1.165, 1.54) is 31.2 Å². The van der Waals surface area contributed by atoms with Crippen LogP contribution in [-0.4, -0.2) is 35.6 Å². The van der Waals surface area contributed by atoms with Gasteiger partial charge in [0, 0.05) is 23.9 Å². The second-order valence-electron chi connectivity index (χ2n) is 6.56. The molecule has 0 N–H and O–H groups in total. The number of anilines is 1. The number of nitrogens with zero attached hydrogens (tertiary/aromatic N) is 2. The first kappa shape index (κ1) is 19.3. The van der Waals surface area contributed by atoms with Crippen molar-refractivity contribution in [1.29, 1.82) is 0 Å². The van der Waals surface area contributed by atoms with E-state index in [4.69, 9.17) is 9.47 Å². The smallest absolute Gasteiger partial charge is 0.344 e. The molecule has 28 heavy (non-hydrogen) atoms. The molecule has 0 saturated carbocycles. The fourth-order valence-electron chi connectivity index (χ4n) is 3.19. The first-order valence-electron chi connectivity index (χ1n) is 8.84. The van der Waals surface area contributed by atoms with Gasteiger partial charge in [0.25, 0.3) is 11.6 Å². The number of carbonyl (C=O) groups excluding carboxylic acids is 2. The molecule has 1 heterocycles. The Balaban J connectivity index is 1.55. The van der Waals surface area contributed by atoms with Crippen LogP contribution >= 0.6 is 0 Å². The molecule has 0 unspecified atom stereocenters. The van der Waals surface area contributed by atoms with Gasteiger partial charge in [0.05, 0.1) is 4.92 Å². The zero-order valence-electron chi connectivity index (χ0n) is 15.5. The molecule has 0 radical (unpaired) electrons. The monoisotopic (exact) mass is 384 g/mol. The van der Waals surface area contributed by atoms with Gasteiger partial charge in [0.2, 0.25) is 0 Å². The van der Waals surface area contributed by atoms with Crippen LogP contribution in [0.5, 0.6) is 5.75 Å². The number of para-hydroxylation sites is 1. The average molecular weight is 384 g/mol. The van der Waals surface area contributed by atoms with Gasteiger partial charge in [-0.3, -0.25) is 14.9 Å². The maximum absolute atomic E-state index is 12.8. The van der Waals surface area contributed by atoms with Crippen molar-refractivity contribution in [2.45, 2.75) is 32.4 Å². The van der Waals surface area contributed by atoms with E-state index in [0.717, 1.165) is 17.7 Å². The minimum Gasteiger partial charge on any atom is -0.482 e. The van der Waals surface area contributed by atoms with Crippen molar-refractivity contribution < 1.29 is 24.0 Å². The van der Waals surface area contributed by atoms with Crippen LogP contribution in [0.25, 0.3) is 0 Å². The summed E-state index contributed by atoms with van der Waals surface area (Å²) < 4.78 is 10.5. The van der Waals surface area contributed by atoms with E-state index in [0.29, 0.717) is 5.75 Å². The van der Waals surface area contributed by atoms with Gasteiger partial charge >= 0.3 is 5.97 Å². The van der Waals surface area contributed by atoms with Crippen LogP contribution in [0, 0.1) is 10.1 Å². The van der Waals surface area contributed by atoms with E-state index in [9.17, 15) is 19.7 Å². The summed E-state index contributed by atoms with van der Waals surface area (Å²) in [6.45, 7) is 3.07. The molecular formula is C20H20N2O6. The second-order valence-corrected chi connectivity index (χ2v) is 6.56. The number of nitro groups is 1. The molecule has 1 aliphatic rings. The maximum Gasteiger partial charge on any atom is 0.344 e. The van der Waals surface area contributed by atoms with E-state index in [1.807, 2.05) is 31.2 Å². The number of hydrogen-bond acceptors (Lipinski definition) is 6. The summed E-state index contributed by atoms with van der Waals surface area (Å²) in [6.07, 6.45) is -0.201. The predicted molar refractivity (Wildman–Crippen MR) is 101 cm³/mol. The van der Waals surface area contributed by atoms with Crippen molar-refractivity contribution in [2.75, 3.05) is 11.5 Å². The van der Waals surface area contributed by atoms with Gasteiger partial charge in [-0.15, -0.1) is 0 Å². The highest BCUT2D eigenvalue weighted by Gasteiger charge is 2.34. The normalized spacial score (nSPS) is 16.2. The van der Waals surface area contributed by atoms with E-state index < -0.39 is 23.6 Å². The topological polar surface area (TPSA) is 99.0 Å². The number of carbonyl (C=O) groups is 2. The molecule has 0 saturated heterocycles. The molecule has 1 amide bonds. The standard InChI is InChI=1S/C20H20N2O6/c1-13-11-15-5-3-4-6-18(15)21(13)20(24)14(2)28-19(23)12-27-17-9-7-16(8-10-17)22(25)26/h3-10,13-14H,11-12H2,1-2H3/t13-,14-/m1/s1. The Hall–Kier alpha value is -3.42. The van der Waals surface area contributed by atoms with Crippen LogP contribution in [0.2, 0.25) is 0 Å². The Morgan fingerprint density at radius 1 is 1.21 bits per heavy atom. The lowest BCUT2D eigenvalue weighted by atomic mass is 10.1. The van der Waals surface area contributed by atoms with Crippen molar-refractivity contribution in [3.8, 4) is 5.75 Å². The molecule has 2 atom stereocenters. The highest BCUT2D eigenvalue weighted by atomic mass is 16.6. The Kier molecular flexibility index (Phi) is 5.58. The second kappa shape index (κ2) is 8.08. The van der Waals surface area contributed by atoms with Crippen LogP contribution in [0.15, 0.2) is 48.5 Å². The lowest BCUT2D eigenvalue weighted by Gasteiger charge is -2.25. The molecule has 3 rings (SSSR count). The molecule has 2 aromatic rings. The van der Waals surface area contributed by atoms with E-state index in [-0.39, 0.29) is 17.6 Å². The molecule has 2 aromatic carbocycles. The summed E-state index contributed by atoms with van der Waals surface area (Å²) in [5.74, 6) is -0.691. The highest BCUT2D eigenvalue weighted by Crippen LogP contribution is 2.32. The van der Waals surface area contributed by atoms with Gasteiger partial charge in [0.15, 0.2) is 12.7 Å². The zero-order chi connectivity index (χ0) is 20.3. The Bertz CT molecular complexity index is 896. The summed E-state index contributed by atoms with van der Waals surface area (Å²) in [5.41, 5.74) is 1.85. The van der Waals surface area contributed by atoms with Crippen LogP contribution in [0.1, 0.15) is 19.4 Å². The van der Waals surface area contributed by atoms with Crippen LogP contribution in [-0.2, 0) is 20.7 Å². The number of hydrogen-bond donors (Lipinski definition) is 0. The van der Waals surface area contributed by atoms with Gasteiger partial charge in [-0.2, -0.15) is 0 Å². The van der Waals surface area contributed by atoms with E-state index in [1.54, 1.807) is 4.90 Å². The van der Waals surface area contributed by atoms with Gasteiger partial charge < -0.3 is 14.4 Å². The maximum atomic E-state index is 12.8. The SMILES string of the molecule is C[C@@H]1Cc2ccccc2N1C(=O)[C@@H](C)OC(=O)COc1ccc([N+](=O)[O-])cc1. The van der Waals surface area contributed by atoms with Crippen LogP contribution in [0.4, 0.5) is 11.4 Å². The molecule has 1 aliphatic heterocycles. The molecule has 0 aliphatic carbocycles. The summed E-state index contributed by atoms with van der Waals surface area (Å²) >= 11 is 0. The first-order chi connectivity index (χ1) is 13.4. The molecule has 8 heteroatoms. The summed E-state index contributed by atoms with van der Waals surface area (Å²) in [4.78, 5) is 36.6. The van der Waals surface area contributed by atoms with Gasteiger partial charge in [0.1, 0.15) is 5.75 Å². The number of amides is 1. The van der Waals surface area contributed by atoms with Crippen molar-refractivity contribution in [2.24, 2.45) is 0 Å². The highest BCUT2D eigenvalue weighted by molar-refractivity contribution is 5.99. The third-order valence-electron chi connectivity index (χ3n) is 4.50. The minimum atomic E-state index is -0.957. The Morgan fingerprint density at radius 2 is 1.89 bits per heavy atom. The number of ether oxygens (including phenoxy) is 2. The third kappa shape index (κ3) is 4.11. The van der Waals surface area contributed by atoms with Crippen molar-refractivity contribution in [1.82, 2.24) is 0 Å². The van der Waals surface area contributed by atoms with Crippen LogP contribution < -0.4 is 9.64 Å². The van der Waals surface area contributed by atoms with E-state index in [2.05, 4.69) is 0 Å². The minimum absolute atomic E-state index is 0.0117. The number of benzene rings is 2. The molecule has 146 valence electrons. The van der Waals surface area contributed by atoms with E-state index >= 15 is 0 Å². The Morgan fingerprint density at radius 3 is 2.57 bits per heavy atom. The molecule has 8 nitrogen and oxygen atoms in total. The summed E-state index contributed by atoms with van der Waals surface area (Å²) in [6, 6.07) is 13.0. The molecule has 0 fully saturated rings. The lowest BCUT2D eigenvalue weighted by Crippen LogP contribution is -2.43. The van der Waals surface area contributed by atoms with Gasteiger partial charge in [-0.1, -0.05) is 18.2 Å². The zero-order valence-corrected chi connectivity index (χ0v) is 15.5. The number of rotatable bonds is 6. The van der Waals surface area contributed by atoms with Gasteiger partial charge in [-0.05, 0) is 44.0 Å². The summed E-state index contributed by atoms with van der Waals surface area (Å²) in [5, 5.41) is 10.6. The largest absolute Gasteiger partial charge is 0.482 e. The predicted octanol–water partition coefficient (Wildman–Crippen LogP) is 2.88. The summed E-state index contributed by atoms with van der Waals surface area (Å²) in [7, 11) is 0. The molecule has 0 spiro atoms. The third-order valence-corrected chi connectivity index (χ3v) is 4.50.